The summed E-state index contributed by atoms with van der Waals surface area (Å²) in [5.41, 5.74) is 7.79. The minimum atomic E-state index is -0.210. The highest BCUT2D eigenvalue weighted by Gasteiger charge is 2.08. The number of nitrogens with zero attached hydrogens (tertiary/aromatic N) is 3. The van der Waals surface area contributed by atoms with Crippen molar-refractivity contribution in [1.29, 1.82) is 0 Å². The van der Waals surface area contributed by atoms with Gasteiger partial charge in [-0.15, -0.1) is 5.10 Å². The van der Waals surface area contributed by atoms with Crippen LogP contribution in [0.15, 0.2) is 30.5 Å². The van der Waals surface area contributed by atoms with E-state index in [2.05, 4.69) is 15.6 Å². The molecule has 18 heavy (non-hydrogen) atoms. The van der Waals surface area contributed by atoms with E-state index in [1.165, 1.54) is 4.68 Å². The van der Waals surface area contributed by atoms with E-state index in [0.29, 0.717) is 12.2 Å². The Morgan fingerprint density at radius 1 is 1.39 bits per heavy atom. The smallest absolute Gasteiger partial charge is 0.273 e. The van der Waals surface area contributed by atoms with Crippen LogP contribution in [0.1, 0.15) is 16.1 Å². The lowest BCUT2D eigenvalue weighted by Gasteiger charge is -2.03. The van der Waals surface area contributed by atoms with Gasteiger partial charge in [-0.3, -0.25) is 9.48 Å². The number of anilines is 1. The van der Waals surface area contributed by atoms with Crippen molar-refractivity contribution in [3.05, 3.63) is 41.7 Å². The summed E-state index contributed by atoms with van der Waals surface area (Å²) in [4.78, 5) is 11.7. The predicted molar refractivity (Wildman–Crippen MR) is 67.9 cm³/mol. The Hall–Kier alpha value is -2.37. The number of nitrogen functional groups attached to an aromatic ring is 1. The van der Waals surface area contributed by atoms with Crippen LogP contribution in [0.4, 0.5) is 5.69 Å². The SMILES string of the molecule is Cn1cc(C(=O)NCCc2ccc(N)cc2)nn1. The second-order valence-corrected chi connectivity index (χ2v) is 4.02. The van der Waals surface area contributed by atoms with Gasteiger partial charge in [0.05, 0.1) is 6.20 Å². The zero-order chi connectivity index (χ0) is 13.0. The summed E-state index contributed by atoms with van der Waals surface area (Å²) < 4.78 is 1.49. The van der Waals surface area contributed by atoms with Gasteiger partial charge in [0, 0.05) is 19.3 Å². The van der Waals surface area contributed by atoms with Crippen molar-refractivity contribution in [2.24, 2.45) is 7.05 Å². The van der Waals surface area contributed by atoms with Gasteiger partial charge in [-0.05, 0) is 24.1 Å². The minimum absolute atomic E-state index is 0.210. The molecular weight excluding hydrogens is 230 g/mol. The fraction of sp³-hybridized carbons (Fsp3) is 0.250. The van der Waals surface area contributed by atoms with Crippen molar-refractivity contribution >= 4 is 11.6 Å². The first-order chi connectivity index (χ1) is 8.65. The lowest BCUT2D eigenvalue weighted by atomic mass is 10.1. The molecule has 0 atom stereocenters. The van der Waals surface area contributed by atoms with E-state index >= 15 is 0 Å². The van der Waals surface area contributed by atoms with Crippen LogP contribution in [0.25, 0.3) is 0 Å². The molecule has 3 N–H and O–H groups in total. The van der Waals surface area contributed by atoms with E-state index in [-0.39, 0.29) is 5.91 Å². The molecule has 2 aromatic rings. The van der Waals surface area contributed by atoms with Gasteiger partial charge >= 0.3 is 0 Å². The minimum Gasteiger partial charge on any atom is -0.399 e. The molecule has 6 nitrogen and oxygen atoms in total. The molecule has 94 valence electrons. The second kappa shape index (κ2) is 5.31. The van der Waals surface area contributed by atoms with Gasteiger partial charge in [-0.2, -0.15) is 0 Å². The number of carbonyl (C=O) groups excluding carboxylic acids is 1. The predicted octanol–water partition coefficient (Wildman–Crippen LogP) is 0.370. The fourth-order valence-corrected chi connectivity index (χ4v) is 1.55. The number of aromatic nitrogens is 3. The number of carbonyl (C=O) groups is 1. The second-order valence-electron chi connectivity index (χ2n) is 4.02. The summed E-state index contributed by atoms with van der Waals surface area (Å²) in [5.74, 6) is -0.210. The van der Waals surface area contributed by atoms with Gasteiger partial charge in [0.15, 0.2) is 5.69 Å². The lowest BCUT2D eigenvalue weighted by molar-refractivity contribution is 0.0949. The number of nitrogens with one attached hydrogen (secondary N) is 1. The first-order valence-electron chi connectivity index (χ1n) is 5.64. The summed E-state index contributed by atoms with van der Waals surface area (Å²) in [6.45, 7) is 0.555. The highest BCUT2D eigenvalue weighted by Crippen LogP contribution is 2.05. The van der Waals surface area contributed by atoms with Crippen LogP contribution in [0.3, 0.4) is 0 Å². The van der Waals surface area contributed by atoms with Gasteiger partial charge in [0.1, 0.15) is 0 Å². The molecule has 0 aliphatic rings. The van der Waals surface area contributed by atoms with Gasteiger partial charge < -0.3 is 11.1 Å². The molecule has 2 rings (SSSR count). The Morgan fingerprint density at radius 3 is 2.72 bits per heavy atom. The van der Waals surface area contributed by atoms with Crippen molar-refractivity contribution in [3.63, 3.8) is 0 Å². The van der Waals surface area contributed by atoms with Crippen LogP contribution in [0.2, 0.25) is 0 Å². The topological polar surface area (TPSA) is 85.8 Å². The molecule has 0 unspecified atom stereocenters. The van der Waals surface area contributed by atoms with Crippen molar-refractivity contribution in [2.75, 3.05) is 12.3 Å². The van der Waals surface area contributed by atoms with Gasteiger partial charge in [0.2, 0.25) is 0 Å². The standard InChI is InChI=1S/C12H15N5O/c1-17-8-11(15-16-17)12(18)14-7-6-9-2-4-10(13)5-3-9/h2-5,8H,6-7,13H2,1H3,(H,14,18). The highest BCUT2D eigenvalue weighted by atomic mass is 16.1. The Balaban J connectivity index is 1.82. The molecule has 0 aliphatic carbocycles. The van der Waals surface area contributed by atoms with Crippen LogP contribution >= 0.6 is 0 Å². The maximum absolute atomic E-state index is 11.7. The molecule has 0 saturated heterocycles. The first-order valence-corrected chi connectivity index (χ1v) is 5.64. The van der Waals surface area contributed by atoms with Crippen LogP contribution in [-0.2, 0) is 13.5 Å². The van der Waals surface area contributed by atoms with Gasteiger partial charge in [0.25, 0.3) is 5.91 Å². The number of hydrogen-bond acceptors (Lipinski definition) is 4. The zero-order valence-corrected chi connectivity index (χ0v) is 10.1. The molecule has 0 bridgehead atoms. The molecule has 1 aromatic heterocycles. The highest BCUT2D eigenvalue weighted by molar-refractivity contribution is 5.91. The van der Waals surface area contributed by atoms with E-state index in [4.69, 9.17) is 5.73 Å². The monoisotopic (exact) mass is 245 g/mol. The van der Waals surface area contributed by atoms with E-state index in [0.717, 1.165) is 17.7 Å². The van der Waals surface area contributed by atoms with Crippen molar-refractivity contribution in [2.45, 2.75) is 6.42 Å². The molecular formula is C12H15N5O. The quantitative estimate of drug-likeness (QED) is 0.762. The summed E-state index contributed by atoms with van der Waals surface area (Å²) in [6, 6.07) is 7.59. The summed E-state index contributed by atoms with van der Waals surface area (Å²) in [7, 11) is 1.72. The van der Waals surface area contributed by atoms with Crippen molar-refractivity contribution in [3.8, 4) is 0 Å². The van der Waals surface area contributed by atoms with Gasteiger partial charge in [-0.1, -0.05) is 17.3 Å². The number of rotatable bonds is 4. The third-order valence-corrected chi connectivity index (χ3v) is 2.51. The van der Waals surface area contributed by atoms with E-state index in [9.17, 15) is 4.79 Å². The number of benzene rings is 1. The van der Waals surface area contributed by atoms with Crippen molar-refractivity contribution < 1.29 is 4.79 Å². The first kappa shape index (κ1) is 12.1. The average Bonchev–Trinajstić information content (AvgIpc) is 2.78. The third kappa shape index (κ3) is 3.07. The fourth-order valence-electron chi connectivity index (χ4n) is 1.55. The molecule has 0 radical (unpaired) electrons. The Bertz CT molecular complexity index is 532. The van der Waals surface area contributed by atoms with Crippen LogP contribution < -0.4 is 11.1 Å². The van der Waals surface area contributed by atoms with E-state index < -0.39 is 0 Å². The Labute approximate surface area is 105 Å². The lowest BCUT2D eigenvalue weighted by Crippen LogP contribution is -2.26. The molecule has 6 heteroatoms. The molecule has 0 spiro atoms. The number of amides is 1. The molecule has 0 aliphatic heterocycles. The maximum atomic E-state index is 11.7. The average molecular weight is 245 g/mol. The Kier molecular flexibility index (Phi) is 3.57. The summed E-state index contributed by atoms with van der Waals surface area (Å²) in [5, 5.41) is 10.2. The normalized spacial score (nSPS) is 10.3. The maximum Gasteiger partial charge on any atom is 0.273 e. The number of nitrogens with two attached hydrogens (primary N) is 1. The Morgan fingerprint density at radius 2 is 2.11 bits per heavy atom. The van der Waals surface area contributed by atoms with Crippen LogP contribution in [0.5, 0.6) is 0 Å². The summed E-state index contributed by atoms with van der Waals surface area (Å²) >= 11 is 0. The molecule has 1 amide bonds. The summed E-state index contributed by atoms with van der Waals surface area (Å²) in [6.07, 6.45) is 2.34. The van der Waals surface area contributed by atoms with Crippen LogP contribution in [0, 0.1) is 0 Å². The largest absolute Gasteiger partial charge is 0.399 e. The molecule has 1 aromatic carbocycles. The molecule has 1 heterocycles. The van der Waals surface area contributed by atoms with E-state index in [1.807, 2.05) is 24.3 Å². The van der Waals surface area contributed by atoms with E-state index in [1.54, 1.807) is 13.2 Å². The molecule has 0 saturated carbocycles. The van der Waals surface area contributed by atoms with Crippen LogP contribution in [-0.4, -0.2) is 27.4 Å². The van der Waals surface area contributed by atoms with Gasteiger partial charge in [-0.25, -0.2) is 0 Å². The third-order valence-electron chi connectivity index (χ3n) is 2.51. The number of hydrogen-bond donors (Lipinski definition) is 2. The zero-order valence-electron chi connectivity index (χ0n) is 10.1. The number of aryl methyl sites for hydroxylation is 1. The molecule has 0 fully saturated rings. The van der Waals surface area contributed by atoms with Crippen molar-refractivity contribution in [1.82, 2.24) is 20.3 Å².